The highest BCUT2D eigenvalue weighted by atomic mass is 32.2. The molecule has 0 N–H and O–H groups in total. The Balaban J connectivity index is 1.69. The third-order valence-corrected chi connectivity index (χ3v) is 9.56. The molecule has 1 saturated heterocycles. The number of nitrogens with zero attached hydrogens (tertiary/aromatic N) is 1. The van der Waals surface area contributed by atoms with Gasteiger partial charge >= 0.3 is 0 Å². The van der Waals surface area contributed by atoms with Crippen LogP contribution in [0.2, 0.25) is 0 Å². The van der Waals surface area contributed by atoms with Crippen LogP contribution in [0, 0.1) is 6.92 Å². The predicted octanol–water partition coefficient (Wildman–Crippen LogP) is 7.04. The molecule has 2 aliphatic rings. The van der Waals surface area contributed by atoms with Crippen molar-refractivity contribution >= 4 is 21.2 Å². The third-order valence-electron chi connectivity index (χ3n) is 7.62. The van der Waals surface area contributed by atoms with Crippen molar-refractivity contribution in [2.24, 2.45) is 0 Å². The molecule has 1 aliphatic heterocycles. The highest BCUT2D eigenvalue weighted by Gasteiger charge is 2.54. The lowest BCUT2D eigenvalue weighted by molar-refractivity contribution is 0.193. The molecule has 4 aromatic carbocycles. The minimum atomic E-state index is -3.76. The van der Waals surface area contributed by atoms with Crippen molar-refractivity contribution in [1.82, 2.24) is 4.31 Å². The van der Waals surface area contributed by atoms with Gasteiger partial charge in [-0.25, -0.2) is 8.42 Å². The summed E-state index contributed by atoms with van der Waals surface area (Å²) < 4.78 is 30.6. The molecule has 180 valence electrons. The Morgan fingerprint density at radius 1 is 0.694 bits per heavy atom. The van der Waals surface area contributed by atoms with Gasteiger partial charge in [0.15, 0.2) is 0 Å². The van der Waals surface area contributed by atoms with E-state index in [0.717, 1.165) is 58.2 Å². The van der Waals surface area contributed by atoms with Crippen LogP contribution in [0.25, 0.3) is 11.1 Å². The molecular formula is C32H29NO2S. The van der Waals surface area contributed by atoms with Gasteiger partial charge in [-0.1, -0.05) is 103 Å². The Morgan fingerprint density at radius 2 is 1.31 bits per heavy atom. The first-order chi connectivity index (χ1) is 17.5. The van der Waals surface area contributed by atoms with Crippen LogP contribution in [0.3, 0.4) is 0 Å². The normalized spacial score (nSPS) is 20.0. The average molecular weight is 492 g/mol. The summed E-state index contributed by atoms with van der Waals surface area (Å²) in [6, 6.07) is 36.4. The zero-order valence-corrected chi connectivity index (χ0v) is 21.2. The van der Waals surface area contributed by atoms with E-state index in [1.807, 2.05) is 53.7 Å². The second kappa shape index (κ2) is 8.88. The summed E-state index contributed by atoms with van der Waals surface area (Å²) in [5, 5.41) is 0. The molecule has 4 heteroatoms. The van der Waals surface area contributed by atoms with Gasteiger partial charge in [0.1, 0.15) is 0 Å². The van der Waals surface area contributed by atoms with Crippen LogP contribution < -0.4 is 0 Å². The lowest BCUT2D eigenvalue weighted by Gasteiger charge is -2.46. The van der Waals surface area contributed by atoms with Crippen molar-refractivity contribution in [3.05, 3.63) is 137 Å². The van der Waals surface area contributed by atoms with Gasteiger partial charge < -0.3 is 0 Å². The van der Waals surface area contributed by atoms with Crippen LogP contribution in [-0.2, 0) is 15.6 Å². The molecule has 4 aromatic rings. The van der Waals surface area contributed by atoms with Gasteiger partial charge in [-0.05, 0) is 71.7 Å². The summed E-state index contributed by atoms with van der Waals surface area (Å²) in [4.78, 5) is 0.354. The first-order valence-corrected chi connectivity index (χ1v) is 14.0. The van der Waals surface area contributed by atoms with Gasteiger partial charge in [0, 0.05) is 6.54 Å². The van der Waals surface area contributed by atoms with Crippen molar-refractivity contribution in [2.75, 3.05) is 6.54 Å². The Labute approximate surface area is 213 Å². The van der Waals surface area contributed by atoms with Gasteiger partial charge in [0.05, 0.1) is 10.4 Å². The van der Waals surface area contributed by atoms with Crippen molar-refractivity contribution in [2.45, 2.75) is 36.6 Å². The maximum atomic E-state index is 14.4. The van der Waals surface area contributed by atoms with Crippen LogP contribution >= 0.6 is 0 Å². The molecule has 0 unspecified atom stereocenters. The summed E-state index contributed by atoms with van der Waals surface area (Å²) in [7, 11) is -3.76. The fourth-order valence-corrected chi connectivity index (χ4v) is 7.86. The highest BCUT2D eigenvalue weighted by molar-refractivity contribution is 7.89. The quantitative estimate of drug-likeness (QED) is 0.307. The molecule has 6 rings (SSSR count). The monoisotopic (exact) mass is 491 g/mol. The summed E-state index contributed by atoms with van der Waals surface area (Å²) in [5.41, 5.74) is 6.87. The maximum Gasteiger partial charge on any atom is 0.244 e. The van der Waals surface area contributed by atoms with Gasteiger partial charge in [0.25, 0.3) is 0 Å². The molecule has 1 spiro atoms. The number of aryl methyl sites for hydroxylation is 1. The molecule has 1 fully saturated rings. The minimum absolute atomic E-state index is 0.354. The van der Waals surface area contributed by atoms with E-state index in [4.69, 9.17) is 0 Å². The number of rotatable bonds is 4. The van der Waals surface area contributed by atoms with E-state index in [0.29, 0.717) is 11.4 Å². The second-order valence-corrected chi connectivity index (χ2v) is 11.6. The van der Waals surface area contributed by atoms with Gasteiger partial charge in [-0.15, -0.1) is 0 Å². The number of fused-ring (bicyclic) bond motifs is 2. The van der Waals surface area contributed by atoms with Crippen LogP contribution in [0.15, 0.2) is 114 Å². The fourth-order valence-electron chi connectivity index (χ4n) is 6.06. The molecule has 3 nitrogen and oxygen atoms in total. The molecule has 1 aliphatic carbocycles. The van der Waals surface area contributed by atoms with E-state index in [1.165, 1.54) is 0 Å². The van der Waals surface area contributed by atoms with Gasteiger partial charge in [-0.2, -0.15) is 4.31 Å². The first-order valence-electron chi connectivity index (χ1n) is 12.6. The summed E-state index contributed by atoms with van der Waals surface area (Å²) in [5.74, 6) is 0. The molecule has 0 bridgehead atoms. The molecule has 1 atom stereocenters. The smallest absolute Gasteiger partial charge is 0.207 e. The second-order valence-electron chi connectivity index (χ2n) is 9.74. The Bertz CT molecular complexity index is 1540. The zero-order chi connectivity index (χ0) is 24.8. The van der Waals surface area contributed by atoms with E-state index in [1.54, 1.807) is 12.1 Å². The zero-order valence-electron chi connectivity index (χ0n) is 20.4. The average Bonchev–Trinajstić information content (AvgIpc) is 3.20. The van der Waals surface area contributed by atoms with Crippen LogP contribution in [0.4, 0.5) is 0 Å². The van der Waals surface area contributed by atoms with Crippen molar-refractivity contribution in [3.63, 3.8) is 0 Å². The van der Waals surface area contributed by atoms with Crippen molar-refractivity contribution < 1.29 is 8.42 Å². The standard InChI is InChI=1S/C32H29NO2S/c1-24-18-20-27(21-19-24)36(34,35)33-23-11-10-22-32(33)29-17-9-8-16-28(29)30(25-12-4-2-5-13-25)31(32)26-14-6-3-7-15-26/h2-9,12-21H,10-11,22-23H2,1H3/t32-/m1/s1. The third kappa shape index (κ3) is 3.47. The SMILES string of the molecule is Cc1ccc(S(=O)(=O)N2CCCC[C@@]23C(c2ccccc2)=C(c2ccccc2)c2ccccc23)cc1. The summed E-state index contributed by atoms with van der Waals surface area (Å²) in [6.07, 6.45) is 2.56. The maximum absolute atomic E-state index is 14.4. The van der Waals surface area contributed by atoms with Crippen LogP contribution in [0.5, 0.6) is 0 Å². The minimum Gasteiger partial charge on any atom is -0.207 e. The van der Waals surface area contributed by atoms with Crippen molar-refractivity contribution in [3.8, 4) is 0 Å². The summed E-state index contributed by atoms with van der Waals surface area (Å²) in [6.45, 7) is 2.47. The van der Waals surface area contributed by atoms with Crippen molar-refractivity contribution in [1.29, 1.82) is 0 Å². The first kappa shape index (κ1) is 23.0. The molecule has 1 heterocycles. The lowest BCUT2D eigenvalue weighted by Crippen LogP contribution is -2.52. The Morgan fingerprint density at radius 3 is 2.00 bits per heavy atom. The van der Waals surface area contributed by atoms with E-state index in [9.17, 15) is 8.42 Å². The molecule has 0 amide bonds. The predicted molar refractivity (Wildman–Crippen MR) is 146 cm³/mol. The topological polar surface area (TPSA) is 37.4 Å². The lowest BCUT2D eigenvalue weighted by atomic mass is 9.76. The molecule has 0 radical (unpaired) electrons. The van der Waals surface area contributed by atoms with E-state index in [-0.39, 0.29) is 0 Å². The summed E-state index contributed by atoms with van der Waals surface area (Å²) >= 11 is 0. The number of hydrogen-bond donors (Lipinski definition) is 0. The van der Waals surface area contributed by atoms with E-state index < -0.39 is 15.6 Å². The Hall–Kier alpha value is -3.47. The van der Waals surface area contributed by atoms with E-state index in [2.05, 4.69) is 54.6 Å². The number of hydrogen-bond acceptors (Lipinski definition) is 2. The fraction of sp³-hybridized carbons (Fsp3) is 0.188. The van der Waals surface area contributed by atoms with Gasteiger partial charge in [0.2, 0.25) is 10.0 Å². The van der Waals surface area contributed by atoms with E-state index >= 15 is 0 Å². The number of sulfonamides is 1. The molecule has 0 saturated carbocycles. The van der Waals surface area contributed by atoms with Crippen LogP contribution in [0.1, 0.15) is 47.1 Å². The van der Waals surface area contributed by atoms with Crippen LogP contribution in [-0.4, -0.2) is 19.3 Å². The number of benzene rings is 4. The molecule has 36 heavy (non-hydrogen) atoms. The van der Waals surface area contributed by atoms with Gasteiger partial charge in [-0.3, -0.25) is 0 Å². The Kier molecular flexibility index (Phi) is 5.66. The molecular weight excluding hydrogens is 462 g/mol. The number of piperidine rings is 1. The highest BCUT2D eigenvalue weighted by Crippen LogP contribution is 2.59. The largest absolute Gasteiger partial charge is 0.244 e. The molecule has 0 aromatic heterocycles.